The van der Waals surface area contributed by atoms with E-state index in [1.807, 2.05) is 5.01 Å². The van der Waals surface area contributed by atoms with E-state index in [2.05, 4.69) is 21.3 Å². The Morgan fingerprint density at radius 2 is 2.06 bits per heavy atom. The molecule has 0 radical (unpaired) electrons. The fraction of sp³-hybridized carbons (Fsp3) is 0.154. The third kappa shape index (κ3) is 5.45. The first-order valence-corrected chi connectivity index (χ1v) is 10.8. The number of halogens is 1. The van der Waals surface area contributed by atoms with Crippen molar-refractivity contribution in [1.29, 1.82) is 0 Å². The number of anilines is 2. The van der Waals surface area contributed by atoms with Gasteiger partial charge in [0.15, 0.2) is 0 Å². The number of imide groups is 1. The van der Waals surface area contributed by atoms with Crippen molar-refractivity contribution >= 4 is 29.7 Å². The first-order valence-electron chi connectivity index (χ1n) is 10.8. The Bertz CT molecular complexity index is 1310. The highest BCUT2D eigenvalue weighted by atomic mass is 19.1. The van der Waals surface area contributed by atoms with Gasteiger partial charge in [0.2, 0.25) is 0 Å². The van der Waals surface area contributed by atoms with E-state index in [1.54, 1.807) is 30.5 Å². The van der Waals surface area contributed by atoms with Crippen molar-refractivity contribution in [2.75, 3.05) is 30.4 Å². The fourth-order valence-corrected chi connectivity index (χ4v) is 3.24. The Kier molecular flexibility index (Phi) is 7.02. The van der Waals surface area contributed by atoms with E-state index in [0.717, 1.165) is 24.4 Å². The molecular weight excluding hydrogens is 449 g/mol. The fourth-order valence-electron chi connectivity index (χ4n) is 3.24. The molecule has 2 heterocycles. The number of carbonyl (C=O) groups excluding carboxylic acids is 2. The molecule has 1 aromatic heterocycles. The molecule has 0 aliphatic carbocycles. The highest BCUT2D eigenvalue weighted by Crippen LogP contribution is 2.22. The maximum Gasteiger partial charge on any atom is 0.334 e. The third-order valence-corrected chi connectivity index (χ3v) is 5.30. The number of nitrogens with one attached hydrogen (secondary N) is 1. The van der Waals surface area contributed by atoms with Gasteiger partial charge in [0.1, 0.15) is 17.4 Å². The highest BCUT2D eigenvalue weighted by molar-refractivity contribution is 6.23. The van der Waals surface area contributed by atoms with Crippen LogP contribution in [-0.2, 0) is 0 Å². The lowest BCUT2D eigenvalue weighted by atomic mass is 10.2. The van der Waals surface area contributed by atoms with E-state index in [9.17, 15) is 14.0 Å². The number of hydrogen-bond acceptors (Lipinski definition) is 6. The number of aromatic nitrogens is 1. The van der Waals surface area contributed by atoms with E-state index in [0.29, 0.717) is 16.9 Å². The predicted octanol–water partition coefficient (Wildman–Crippen LogP) is 4.13. The lowest BCUT2D eigenvalue weighted by Gasteiger charge is -2.27. The lowest BCUT2D eigenvalue weighted by molar-refractivity contribution is 0.0994. The van der Waals surface area contributed by atoms with Gasteiger partial charge in [0.25, 0.3) is 5.91 Å². The van der Waals surface area contributed by atoms with Crippen LogP contribution >= 0.6 is 0 Å². The molecule has 1 fully saturated rings. The molecule has 3 amide bonds. The summed E-state index contributed by atoms with van der Waals surface area (Å²) in [5.41, 5.74) is 1.10. The molecule has 1 aliphatic rings. The van der Waals surface area contributed by atoms with Crippen molar-refractivity contribution < 1.29 is 18.7 Å². The number of carbonyl (C=O) groups is 2. The Morgan fingerprint density at radius 3 is 2.69 bits per heavy atom. The van der Waals surface area contributed by atoms with E-state index >= 15 is 0 Å². The Balaban J connectivity index is 1.61. The topological polar surface area (TPSA) is 87.1 Å². The number of nitrogens with zero attached hydrogens (tertiary/aromatic N) is 4. The number of rotatable bonds is 6. The summed E-state index contributed by atoms with van der Waals surface area (Å²) >= 11 is 0. The number of ether oxygens (including phenoxy) is 1. The second kappa shape index (κ2) is 10.5. The number of hydrazone groups is 1. The van der Waals surface area contributed by atoms with Gasteiger partial charge >= 0.3 is 6.03 Å². The zero-order chi connectivity index (χ0) is 24.8. The molecule has 1 saturated heterocycles. The first-order chi connectivity index (χ1) is 17.0. The Hall–Kier alpha value is -4.71. The highest BCUT2D eigenvalue weighted by Gasteiger charge is 2.27. The van der Waals surface area contributed by atoms with Gasteiger partial charge in [0, 0.05) is 30.4 Å². The molecule has 9 heteroatoms. The Morgan fingerprint density at radius 1 is 1.23 bits per heavy atom. The molecule has 0 unspecified atom stereocenters. The molecule has 2 aromatic carbocycles. The number of terminal acetylenes is 1. The van der Waals surface area contributed by atoms with Crippen molar-refractivity contribution in [3.8, 4) is 18.1 Å². The summed E-state index contributed by atoms with van der Waals surface area (Å²) in [4.78, 5) is 31.5. The van der Waals surface area contributed by atoms with E-state index in [1.165, 1.54) is 43.6 Å². The minimum Gasteiger partial charge on any atom is -0.497 e. The van der Waals surface area contributed by atoms with Gasteiger partial charge in [-0.05, 0) is 54.4 Å². The summed E-state index contributed by atoms with van der Waals surface area (Å²) in [6, 6.07) is 12.7. The molecule has 176 valence electrons. The SMILES string of the molecule is C#Cc1ccc(N(C(=O)Nc2ccc(C=NN3CCC3)cc2F)C(=O)c2cccc(OC)c2)nc1. The minimum absolute atomic E-state index is 0.0213. The van der Waals surface area contributed by atoms with Crippen molar-refractivity contribution in [2.45, 2.75) is 6.42 Å². The first kappa shape index (κ1) is 23.4. The number of amides is 3. The van der Waals surface area contributed by atoms with Crippen LogP contribution in [0.25, 0.3) is 0 Å². The van der Waals surface area contributed by atoms with Crippen LogP contribution in [0.1, 0.15) is 27.9 Å². The summed E-state index contributed by atoms with van der Waals surface area (Å²) in [6.07, 6.45) is 9.39. The van der Waals surface area contributed by atoms with Crippen LogP contribution in [0, 0.1) is 18.2 Å². The van der Waals surface area contributed by atoms with Crippen LogP contribution in [0.15, 0.2) is 65.9 Å². The molecular formula is C26H22FN5O3. The van der Waals surface area contributed by atoms with Crippen LogP contribution in [0.4, 0.5) is 20.7 Å². The lowest BCUT2D eigenvalue weighted by Crippen LogP contribution is -2.41. The van der Waals surface area contributed by atoms with Gasteiger partial charge in [-0.25, -0.2) is 19.1 Å². The van der Waals surface area contributed by atoms with E-state index in [-0.39, 0.29) is 17.1 Å². The monoisotopic (exact) mass is 471 g/mol. The number of hydrogen-bond donors (Lipinski definition) is 1. The largest absolute Gasteiger partial charge is 0.497 e. The van der Waals surface area contributed by atoms with Gasteiger partial charge in [-0.1, -0.05) is 18.1 Å². The van der Waals surface area contributed by atoms with Crippen LogP contribution in [0.3, 0.4) is 0 Å². The van der Waals surface area contributed by atoms with Crippen molar-refractivity contribution in [2.24, 2.45) is 5.10 Å². The summed E-state index contributed by atoms with van der Waals surface area (Å²) in [7, 11) is 1.47. The van der Waals surface area contributed by atoms with Crippen LogP contribution in [-0.4, -0.2) is 48.3 Å². The van der Waals surface area contributed by atoms with E-state index in [4.69, 9.17) is 11.2 Å². The second-order valence-electron chi connectivity index (χ2n) is 7.64. The predicted molar refractivity (Wildman–Crippen MR) is 131 cm³/mol. The molecule has 0 bridgehead atoms. The molecule has 8 nitrogen and oxygen atoms in total. The molecule has 1 aliphatic heterocycles. The molecule has 0 saturated carbocycles. The average Bonchev–Trinajstić information content (AvgIpc) is 2.85. The van der Waals surface area contributed by atoms with Crippen molar-refractivity contribution in [3.05, 3.63) is 83.3 Å². The Labute approximate surface area is 202 Å². The summed E-state index contributed by atoms with van der Waals surface area (Å²) in [5.74, 6) is 1.54. The number of benzene rings is 2. The minimum atomic E-state index is -0.889. The van der Waals surface area contributed by atoms with Crippen LogP contribution < -0.4 is 15.0 Å². The second-order valence-corrected chi connectivity index (χ2v) is 7.64. The number of methoxy groups -OCH3 is 1. The maximum absolute atomic E-state index is 14.8. The zero-order valence-electron chi connectivity index (χ0n) is 18.9. The third-order valence-electron chi connectivity index (χ3n) is 5.30. The smallest absolute Gasteiger partial charge is 0.334 e. The summed E-state index contributed by atoms with van der Waals surface area (Å²) < 4.78 is 19.9. The summed E-state index contributed by atoms with van der Waals surface area (Å²) in [5, 5.41) is 8.58. The molecule has 1 N–H and O–H groups in total. The van der Waals surface area contributed by atoms with Gasteiger partial charge in [-0.3, -0.25) is 9.80 Å². The average molecular weight is 471 g/mol. The van der Waals surface area contributed by atoms with Crippen LogP contribution in [0.5, 0.6) is 5.75 Å². The van der Waals surface area contributed by atoms with Gasteiger partial charge in [-0.2, -0.15) is 5.10 Å². The summed E-state index contributed by atoms with van der Waals surface area (Å²) in [6.45, 7) is 1.75. The number of urea groups is 1. The quantitative estimate of drug-likeness (QED) is 0.432. The van der Waals surface area contributed by atoms with Gasteiger partial charge < -0.3 is 10.1 Å². The zero-order valence-corrected chi connectivity index (χ0v) is 18.9. The molecule has 0 atom stereocenters. The molecule has 4 rings (SSSR count). The standard InChI is InChI=1S/C26H22FN5O3/c1-3-18-9-11-24(28-16-18)32(25(33)20-6-4-7-21(15-20)35-2)26(34)30-23-10-8-19(14-22(23)27)17-29-31-12-5-13-31/h1,4,6-11,14-17H,5,12-13H2,2H3,(H,30,34). The molecule has 3 aromatic rings. The van der Waals surface area contributed by atoms with Crippen molar-refractivity contribution in [3.63, 3.8) is 0 Å². The normalized spacial score (nSPS) is 12.5. The number of pyridine rings is 1. The van der Waals surface area contributed by atoms with Gasteiger partial charge in [-0.15, -0.1) is 6.42 Å². The van der Waals surface area contributed by atoms with Crippen LogP contribution in [0.2, 0.25) is 0 Å². The van der Waals surface area contributed by atoms with E-state index < -0.39 is 17.8 Å². The molecule has 0 spiro atoms. The molecule has 35 heavy (non-hydrogen) atoms. The van der Waals surface area contributed by atoms with Crippen molar-refractivity contribution in [1.82, 2.24) is 9.99 Å². The maximum atomic E-state index is 14.8. The van der Waals surface area contributed by atoms with Gasteiger partial charge in [0.05, 0.1) is 19.0 Å².